The molecule has 3 rings (SSSR count). The van der Waals surface area contributed by atoms with Crippen molar-refractivity contribution in [1.29, 1.82) is 0 Å². The van der Waals surface area contributed by atoms with E-state index in [4.69, 9.17) is 4.74 Å². The number of likely N-dealkylation sites (tertiary alicyclic amines) is 1. The molecule has 3 aliphatic rings. The van der Waals surface area contributed by atoms with Crippen LogP contribution in [0.2, 0.25) is 0 Å². The maximum absolute atomic E-state index is 14.8. The van der Waals surface area contributed by atoms with Crippen LogP contribution in [0.25, 0.3) is 0 Å². The quantitative estimate of drug-likeness (QED) is 0.401. The van der Waals surface area contributed by atoms with Gasteiger partial charge in [0.15, 0.2) is 0 Å². The lowest BCUT2D eigenvalue weighted by Gasteiger charge is -2.46. The molecular formula is C31H51N3O5. The summed E-state index contributed by atoms with van der Waals surface area (Å²) in [5.74, 6) is -2.24. The van der Waals surface area contributed by atoms with E-state index >= 15 is 0 Å². The van der Waals surface area contributed by atoms with Crippen molar-refractivity contribution in [2.45, 2.75) is 103 Å². The van der Waals surface area contributed by atoms with Crippen LogP contribution < -0.4 is 0 Å². The number of rotatable bonds is 11. The molecule has 0 radical (unpaired) electrons. The molecular weight excluding hydrogens is 494 g/mol. The van der Waals surface area contributed by atoms with Crippen molar-refractivity contribution in [3.63, 3.8) is 0 Å². The molecule has 1 spiro atoms. The molecule has 0 aromatic heterocycles. The molecule has 39 heavy (non-hydrogen) atoms. The normalized spacial score (nSPS) is 32.7. The Hall–Kier alpha value is -2.19. The van der Waals surface area contributed by atoms with E-state index in [0.717, 1.165) is 6.42 Å². The number of hydrogen-bond acceptors (Lipinski definition) is 5. The van der Waals surface area contributed by atoms with Crippen LogP contribution in [0.3, 0.4) is 0 Å². The third-order valence-electron chi connectivity index (χ3n) is 9.38. The number of aliphatic hydroxyl groups is 1. The predicted octanol–water partition coefficient (Wildman–Crippen LogP) is 3.64. The Morgan fingerprint density at radius 2 is 1.77 bits per heavy atom. The molecule has 3 amide bonds. The number of amides is 3. The maximum Gasteiger partial charge on any atom is 0.249 e. The zero-order valence-corrected chi connectivity index (χ0v) is 25.6. The highest BCUT2D eigenvalue weighted by molar-refractivity contribution is 5.99. The van der Waals surface area contributed by atoms with Gasteiger partial charge < -0.3 is 24.5 Å². The van der Waals surface area contributed by atoms with Crippen molar-refractivity contribution >= 4 is 17.7 Å². The monoisotopic (exact) mass is 545 g/mol. The molecule has 0 saturated carbocycles. The Morgan fingerprint density at radius 3 is 2.26 bits per heavy atom. The third kappa shape index (κ3) is 4.96. The first-order valence-electron chi connectivity index (χ1n) is 14.4. The van der Waals surface area contributed by atoms with Crippen LogP contribution in [0.1, 0.15) is 74.7 Å². The number of ether oxygens (including phenoxy) is 1. The lowest BCUT2D eigenvalue weighted by molar-refractivity contribution is -0.160. The Kier molecular flexibility index (Phi) is 8.56. The third-order valence-corrected chi connectivity index (χ3v) is 9.38. The zero-order valence-electron chi connectivity index (χ0n) is 25.6. The minimum absolute atomic E-state index is 0.0486. The number of aliphatic hydroxyl groups excluding tert-OH is 1. The molecule has 3 heterocycles. The number of nitrogens with zero attached hydrogens (tertiary/aromatic N) is 3. The van der Waals surface area contributed by atoms with Gasteiger partial charge in [0, 0.05) is 25.7 Å². The van der Waals surface area contributed by atoms with E-state index in [1.54, 1.807) is 29.0 Å². The number of carbonyl (C=O) groups excluding carboxylic acids is 3. The van der Waals surface area contributed by atoms with Crippen LogP contribution in [-0.4, -0.2) is 93.1 Å². The van der Waals surface area contributed by atoms with Gasteiger partial charge >= 0.3 is 0 Å². The maximum atomic E-state index is 14.8. The van der Waals surface area contributed by atoms with Gasteiger partial charge in [-0.15, -0.1) is 13.2 Å². The Bertz CT molecular complexity index is 999. The molecule has 2 bridgehead atoms. The highest BCUT2D eigenvalue weighted by atomic mass is 16.5. The summed E-state index contributed by atoms with van der Waals surface area (Å²) in [7, 11) is 1.71. The topological polar surface area (TPSA) is 90.4 Å². The number of hydrogen-bond donors (Lipinski definition) is 1. The summed E-state index contributed by atoms with van der Waals surface area (Å²) in [6.07, 6.45) is 5.08. The van der Waals surface area contributed by atoms with Crippen LogP contribution in [0.4, 0.5) is 0 Å². The Morgan fingerprint density at radius 1 is 1.18 bits per heavy atom. The minimum atomic E-state index is -1.16. The summed E-state index contributed by atoms with van der Waals surface area (Å²) in [6.45, 7) is 24.5. The molecule has 0 aromatic carbocycles. The number of fused-ring (bicyclic) bond motifs is 1. The molecule has 3 aliphatic heterocycles. The van der Waals surface area contributed by atoms with Crippen molar-refractivity contribution in [3.05, 3.63) is 25.3 Å². The molecule has 0 aromatic rings. The van der Waals surface area contributed by atoms with Crippen molar-refractivity contribution in [2.75, 3.05) is 26.7 Å². The van der Waals surface area contributed by atoms with Crippen LogP contribution in [-0.2, 0) is 19.1 Å². The van der Waals surface area contributed by atoms with Gasteiger partial charge in [0.25, 0.3) is 0 Å². The van der Waals surface area contributed by atoms with Crippen LogP contribution in [0.15, 0.2) is 25.3 Å². The largest absolute Gasteiger partial charge is 0.394 e. The summed E-state index contributed by atoms with van der Waals surface area (Å²) >= 11 is 0. The molecule has 3 fully saturated rings. The fourth-order valence-electron chi connectivity index (χ4n) is 7.97. The number of likely N-dealkylation sites (N-methyl/N-ethyl adjacent to an activating group) is 1. The Labute approximate surface area is 235 Å². The summed E-state index contributed by atoms with van der Waals surface area (Å²) < 4.78 is 6.87. The van der Waals surface area contributed by atoms with Gasteiger partial charge in [-0.05, 0) is 51.4 Å². The molecule has 8 nitrogen and oxygen atoms in total. The first-order chi connectivity index (χ1) is 18.0. The van der Waals surface area contributed by atoms with Gasteiger partial charge in [0.1, 0.15) is 11.6 Å². The van der Waals surface area contributed by atoms with Crippen molar-refractivity contribution in [2.24, 2.45) is 23.2 Å². The summed E-state index contributed by atoms with van der Waals surface area (Å²) in [6, 6.07) is -1.51. The minimum Gasteiger partial charge on any atom is -0.394 e. The van der Waals surface area contributed by atoms with Gasteiger partial charge in [-0.2, -0.15) is 0 Å². The lowest BCUT2D eigenvalue weighted by Crippen LogP contribution is -2.62. The molecule has 8 heteroatoms. The molecule has 1 N–H and O–H groups in total. The standard InChI is InChI=1S/C31H51N3O5/c1-12-15-32(11)25(36)22-23-26(37)34(21(14-3)18-35)24(31(23)17-20(4)30(22,10)39-31)27(38)33(16-13-2)29(8,9)19-28(5,6)7/h12-13,20-24,35H,1-2,14-19H2,3-11H3/t20?,21-,22+,23-,24?,30-,31?/m0/s1. The molecule has 3 unspecified atom stereocenters. The van der Waals surface area contributed by atoms with E-state index in [2.05, 4.69) is 33.9 Å². The SMILES string of the molecule is C=CCN(C)C(=O)[C@H]1[C@H]2C(=O)N([C@@H](CC)CO)C(C(=O)N(CC=C)C(C)(C)CC(C)(C)C)C23CC(C)[C@]1(C)O3. The van der Waals surface area contributed by atoms with Gasteiger partial charge in [-0.3, -0.25) is 14.4 Å². The summed E-state index contributed by atoms with van der Waals surface area (Å²) in [5, 5.41) is 10.4. The second-order valence-electron chi connectivity index (χ2n) is 14.0. The molecule has 7 atom stereocenters. The lowest BCUT2D eigenvalue weighted by atomic mass is 9.62. The molecule has 0 aliphatic carbocycles. The van der Waals surface area contributed by atoms with E-state index in [0.29, 0.717) is 25.9 Å². The average Bonchev–Trinajstić information content (AvgIpc) is 3.33. The molecule has 220 valence electrons. The Balaban J connectivity index is 2.21. The molecule has 3 saturated heterocycles. The van der Waals surface area contributed by atoms with Crippen molar-refractivity contribution in [3.8, 4) is 0 Å². The zero-order chi connectivity index (χ0) is 29.7. The first kappa shape index (κ1) is 31.3. The highest BCUT2D eigenvalue weighted by Gasteiger charge is 2.80. The van der Waals surface area contributed by atoms with Crippen molar-refractivity contribution < 1.29 is 24.2 Å². The highest BCUT2D eigenvalue weighted by Crippen LogP contribution is 2.66. The average molecular weight is 546 g/mol. The fraction of sp³-hybridized carbons (Fsp3) is 0.774. The fourth-order valence-corrected chi connectivity index (χ4v) is 7.97. The first-order valence-corrected chi connectivity index (χ1v) is 14.4. The van der Waals surface area contributed by atoms with E-state index in [1.807, 2.05) is 39.5 Å². The number of carbonyl (C=O) groups is 3. The second kappa shape index (κ2) is 10.7. The van der Waals surface area contributed by atoms with Gasteiger partial charge in [0.05, 0.1) is 30.1 Å². The van der Waals surface area contributed by atoms with E-state index in [1.165, 1.54) is 0 Å². The van der Waals surface area contributed by atoms with E-state index < -0.39 is 40.7 Å². The summed E-state index contributed by atoms with van der Waals surface area (Å²) in [4.78, 5) is 48.1. The smallest absolute Gasteiger partial charge is 0.249 e. The van der Waals surface area contributed by atoms with Crippen LogP contribution in [0, 0.1) is 23.2 Å². The van der Waals surface area contributed by atoms with Crippen LogP contribution >= 0.6 is 0 Å². The van der Waals surface area contributed by atoms with Crippen molar-refractivity contribution in [1.82, 2.24) is 14.7 Å². The van der Waals surface area contributed by atoms with E-state index in [-0.39, 0.29) is 35.7 Å². The van der Waals surface area contributed by atoms with Gasteiger partial charge in [-0.1, -0.05) is 46.8 Å². The van der Waals surface area contributed by atoms with Gasteiger partial charge in [-0.25, -0.2) is 0 Å². The summed E-state index contributed by atoms with van der Waals surface area (Å²) in [5.41, 5.74) is -2.64. The van der Waals surface area contributed by atoms with E-state index in [9.17, 15) is 19.5 Å². The van der Waals surface area contributed by atoms with Gasteiger partial charge in [0.2, 0.25) is 17.7 Å². The second-order valence-corrected chi connectivity index (χ2v) is 14.0. The van der Waals surface area contributed by atoms with Crippen LogP contribution in [0.5, 0.6) is 0 Å². The predicted molar refractivity (Wildman–Crippen MR) is 153 cm³/mol.